The van der Waals surface area contributed by atoms with E-state index in [-0.39, 0.29) is 102 Å². The minimum Gasteiger partial charge on any atom is -0.390 e. The lowest BCUT2D eigenvalue weighted by Crippen LogP contribution is -2.70. The molecule has 30 nitrogen and oxygen atoms in total. The Bertz CT molecular complexity index is 4320. The number of hydrogen-bond donors (Lipinski definition) is 3. The van der Waals surface area contributed by atoms with Crippen LogP contribution in [-0.2, 0) is 134 Å². The number of aliphatic hydroxyl groups is 3. The second kappa shape index (κ2) is 51.0. The van der Waals surface area contributed by atoms with Crippen LogP contribution in [-0.4, -0.2) is 203 Å². The molecule has 0 aromatic heterocycles. The van der Waals surface area contributed by atoms with Crippen molar-refractivity contribution in [3.63, 3.8) is 0 Å². The predicted octanol–water partition coefficient (Wildman–Crippen LogP) is 12.2. The van der Waals surface area contributed by atoms with Gasteiger partial charge in [0, 0.05) is 90.7 Å². The number of benzene rings is 8. The molecule has 3 fully saturated rings. The summed E-state index contributed by atoms with van der Waals surface area (Å²) in [6.45, 7) is 3.25. The van der Waals surface area contributed by atoms with E-state index in [1.807, 2.05) is 152 Å². The molecule has 3 heterocycles. The number of ether oxygens (including phenoxy) is 8. The maximum absolute atomic E-state index is 13.3. The molecule has 9 atom stereocenters. The Morgan fingerprint density at radius 3 is 0.748 bits per heavy atom. The molecular weight excluding hydrogens is 1650 g/mol. The van der Waals surface area contributed by atoms with Gasteiger partial charge in [-0.05, 0) is 50.9 Å². The van der Waals surface area contributed by atoms with E-state index in [2.05, 4.69) is 11.8 Å². The van der Waals surface area contributed by atoms with Crippen LogP contribution >= 0.6 is 0 Å². The van der Waals surface area contributed by atoms with Crippen LogP contribution in [0.25, 0.3) is 0 Å². The number of nitro groups is 3. The van der Waals surface area contributed by atoms with Crippen LogP contribution in [0.5, 0.6) is 0 Å². The van der Waals surface area contributed by atoms with E-state index in [9.17, 15) is 70.9 Å². The molecule has 670 valence electrons. The second-order valence-electron chi connectivity index (χ2n) is 31.3. The summed E-state index contributed by atoms with van der Waals surface area (Å²) in [7, 11) is -12.7. The van der Waals surface area contributed by atoms with Crippen molar-refractivity contribution in [1.29, 1.82) is 0 Å². The minimum absolute atomic E-state index is 0.0101. The molecule has 8 aromatic rings. The molecule has 123 heavy (non-hydrogen) atoms. The van der Waals surface area contributed by atoms with Gasteiger partial charge in [-0.25, -0.2) is 0 Å². The second-order valence-corrected chi connectivity index (χ2v) is 36.1. The van der Waals surface area contributed by atoms with Crippen molar-refractivity contribution in [3.05, 3.63) is 318 Å². The maximum atomic E-state index is 13.3. The number of piperidine rings is 3. The van der Waals surface area contributed by atoms with E-state index >= 15 is 0 Å². The van der Waals surface area contributed by atoms with E-state index in [0.717, 1.165) is 69.7 Å². The van der Waals surface area contributed by atoms with Crippen LogP contribution in [0.1, 0.15) is 116 Å². The first kappa shape index (κ1) is 99.6. The fourth-order valence-electron chi connectivity index (χ4n) is 15.5. The van der Waals surface area contributed by atoms with Gasteiger partial charge in [-0.3, -0.25) is 47.8 Å². The zero-order valence-electron chi connectivity index (χ0n) is 69.9. The Morgan fingerprint density at radius 1 is 0.341 bits per heavy atom. The number of nitrogens with zero attached hydrogens (tertiary/aromatic N) is 4. The molecular formula is C90H116N4O26S3. The zero-order valence-corrected chi connectivity index (χ0v) is 72.4. The highest BCUT2D eigenvalue weighted by molar-refractivity contribution is 7.86. The lowest BCUT2D eigenvalue weighted by molar-refractivity contribution is -0.589. The summed E-state index contributed by atoms with van der Waals surface area (Å²) in [5, 5.41) is 70.1. The van der Waals surface area contributed by atoms with E-state index < -0.39 is 133 Å². The Balaban J connectivity index is 0.000000236. The maximum Gasteiger partial charge on any atom is 0.264 e. The number of fused-ring (bicyclic) bond motifs is 3. The Hall–Kier alpha value is -8.79. The molecule has 9 unspecified atom stereocenters. The summed E-state index contributed by atoms with van der Waals surface area (Å²) in [5.41, 5.74) is 2.13. The summed E-state index contributed by atoms with van der Waals surface area (Å²) in [6.07, 6.45) is -6.15. The van der Waals surface area contributed by atoms with E-state index in [1.54, 1.807) is 91.0 Å². The molecule has 3 aliphatic rings. The predicted molar refractivity (Wildman–Crippen MR) is 460 cm³/mol. The first-order valence-corrected chi connectivity index (χ1v) is 46.2. The monoisotopic (exact) mass is 1760 g/mol. The van der Waals surface area contributed by atoms with Crippen LogP contribution in [0.15, 0.2) is 243 Å². The molecule has 33 heteroatoms. The van der Waals surface area contributed by atoms with Gasteiger partial charge in [0.1, 0.15) is 18.3 Å². The number of hydrogen-bond acceptors (Lipinski definition) is 27. The van der Waals surface area contributed by atoms with Crippen molar-refractivity contribution in [1.82, 2.24) is 4.90 Å². The molecule has 0 saturated carbocycles. The molecule has 0 radical (unpaired) electrons. The summed E-state index contributed by atoms with van der Waals surface area (Å²) < 4.78 is 136. The van der Waals surface area contributed by atoms with Gasteiger partial charge in [0.15, 0.2) is 0 Å². The fourth-order valence-corrected chi connectivity index (χ4v) is 17.4. The van der Waals surface area contributed by atoms with Crippen molar-refractivity contribution < 1.29 is 106 Å². The summed E-state index contributed by atoms with van der Waals surface area (Å²) in [5.74, 6) is 0. The van der Waals surface area contributed by atoms with Gasteiger partial charge in [0.25, 0.3) is 30.4 Å². The Kier molecular flexibility index (Phi) is 41.3. The van der Waals surface area contributed by atoms with Crippen molar-refractivity contribution in [2.24, 2.45) is 0 Å². The van der Waals surface area contributed by atoms with Crippen LogP contribution < -0.4 is 0 Å². The van der Waals surface area contributed by atoms with Crippen molar-refractivity contribution in [3.8, 4) is 0 Å². The fraction of sp³-hybridized carbons (Fsp3) is 0.467. The first-order valence-electron chi connectivity index (χ1n) is 40.7. The molecule has 3 N–H and O–H groups in total. The van der Waals surface area contributed by atoms with Gasteiger partial charge >= 0.3 is 0 Å². The van der Waals surface area contributed by atoms with Gasteiger partial charge in [0.2, 0.25) is 16.6 Å². The average Bonchev–Trinajstić information content (AvgIpc) is 0.733. The Labute approximate surface area is 721 Å². The minimum atomic E-state index is -4.23. The zero-order chi connectivity index (χ0) is 88.6. The molecule has 2 bridgehead atoms. The van der Waals surface area contributed by atoms with Crippen molar-refractivity contribution in [2.45, 2.75) is 195 Å². The lowest BCUT2D eigenvalue weighted by Gasteiger charge is -2.56. The largest absolute Gasteiger partial charge is 0.390 e. The van der Waals surface area contributed by atoms with E-state index in [4.69, 9.17) is 50.4 Å². The first-order chi connectivity index (χ1) is 58.9. The highest BCUT2D eigenvalue weighted by atomic mass is 32.2. The third-order valence-electron chi connectivity index (χ3n) is 20.7. The smallest absolute Gasteiger partial charge is 0.264 e. The standard InChI is InChI=1S/C34H45NO14S3.C31H39NO8.C25H32N2O4/c1-50(38,39)47-31(25-44-22-28-13-7-4-8-14-28)19-34(35(36)37,20-32(48-51(2,40)41)26-45-23-29-15-9-5-10-16-29)21-33(49-52(3,42)43)27-46-24-30-17-11-6-12-18-30;33-28(22-38-19-25-10-4-1-5-11-25)16-31(32(36)37,17-29(34)23-39-20-26-12-6-2-7-13-26)18-30(35)24-40-21-27-14-8-3-9-15-27;1-2-22-13-25(27(28)29)14-23(18-30-16-20-9-5-3-6-10-20)26(22)24(15-25)19-31-17-21-11-7-4-8-12-21/h4-18,31-33H,19-27H2,1-3H3;1-15,28-30,33-35H,16-24H2;3-12,22-24H,2,13-19H2,1H3. The number of rotatable bonds is 54. The Morgan fingerprint density at radius 2 is 0.545 bits per heavy atom. The van der Waals surface area contributed by atoms with Gasteiger partial charge in [-0.15, -0.1) is 0 Å². The van der Waals surface area contributed by atoms with Crippen molar-refractivity contribution in [2.75, 3.05) is 71.6 Å². The molecule has 0 amide bonds. The number of aliphatic hydroxyl groups excluding tert-OH is 3. The van der Waals surface area contributed by atoms with Crippen molar-refractivity contribution >= 4 is 30.4 Å². The SMILES string of the molecule is CCC1CC2([N+](=O)[O-])CC(COCc3ccccc3)N1C(COCc1ccccc1)C2.CS(=O)(=O)OC(COCc1ccccc1)CC(CC(COCc1ccccc1)OS(C)(=O)=O)(CC(COCc1ccccc1)OS(C)(=O)=O)[N+](=O)[O-].O=[N+]([O-])C(CC(O)COCc1ccccc1)(CC(O)COCc1ccccc1)CC(O)COCc1ccccc1. The third-order valence-corrected chi connectivity index (χ3v) is 22.6. The summed E-state index contributed by atoms with van der Waals surface area (Å²) in [4.78, 5) is 39.1. The van der Waals surface area contributed by atoms with E-state index in [0.29, 0.717) is 45.7 Å². The van der Waals surface area contributed by atoms with Gasteiger partial charge in [0.05, 0.1) is 143 Å². The molecule has 3 aliphatic heterocycles. The van der Waals surface area contributed by atoms with Gasteiger partial charge < -0.3 is 53.2 Å². The summed E-state index contributed by atoms with van der Waals surface area (Å²) in [6, 6.07) is 75.2. The molecule has 3 saturated heterocycles. The summed E-state index contributed by atoms with van der Waals surface area (Å²) >= 11 is 0. The molecule has 0 spiro atoms. The third kappa shape index (κ3) is 36.7. The average molecular weight is 1770 g/mol. The highest BCUT2D eigenvalue weighted by Crippen LogP contribution is 2.46. The van der Waals surface area contributed by atoms with Crippen LogP contribution in [0.3, 0.4) is 0 Å². The van der Waals surface area contributed by atoms with Gasteiger partial charge in [-0.2, -0.15) is 25.3 Å². The van der Waals surface area contributed by atoms with E-state index in [1.165, 1.54) is 0 Å². The lowest BCUT2D eigenvalue weighted by atomic mass is 9.69. The van der Waals surface area contributed by atoms with Crippen LogP contribution in [0.2, 0.25) is 0 Å². The highest BCUT2D eigenvalue weighted by Gasteiger charge is 2.61. The van der Waals surface area contributed by atoms with Gasteiger partial charge in [-0.1, -0.05) is 250 Å². The van der Waals surface area contributed by atoms with Crippen LogP contribution in [0.4, 0.5) is 0 Å². The normalized spacial score (nSPS) is 18.9. The molecule has 0 aliphatic carbocycles. The topological polar surface area (TPSA) is 397 Å². The molecule has 8 aromatic carbocycles. The molecule has 11 rings (SSSR count). The quantitative estimate of drug-likeness (QED) is 0.0181. The van der Waals surface area contributed by atoms with Crippen LogP contribution in [0, 0.1) is 30.3 Å².